The van der Waals surface area contributed by atoms with Gasteiger partial charge in [0.2, 0.25) is 0 Å². The molecule has 0 radical (unpaired) electrons. The number of methoxy groups -OCH3 is 1. The molecule has 0 fully saturated rings. The van der Waals surface area contributed by atoms with E-state index in [-0.39, 0.29) is 5.91 Å². The van der Waals surface area contributed by atoms with Gasteiger partial charge in [-0.15, -0.1) is 0 Å². The molecule has 0 aliphatic carbocycles. The van der Waals surface area contributed by atoms with Crippen LogP contribution in [0.3, 0.4) is 0 Å². The number of nitrogens with one attached hydrogen (secondary N) is 1. The Morgan fingerprint density at radius 1 is 1.14 bits per heavy atom. The van der Waals surface area contributed by atoms with Gasteiger partial charge >= 0.3 is 5.97 Å². The first-order valence-corrected chi connectivity index (χ1v) is 6.48. The number of nitrogens with two attached hydrogens (primary N) is 1. The van der Waals surface area contributed by atoms with E-state index >= 15 is 0 Å². The van der Waals surface area contributed by atoms with E-state index in [9.17, 15) is 9.59 Å². The van der Waals surface area contributed by atoms with E-state index in [4.69, 9.17) is 5.73 Å². The van der Waals surface area contributed by atoms with E-state index in [1.165, 1.54) is 13.3 Å². The van der Waals surface area contributed by atoms with Crippen molar-refractivity contribution < 1.29 is 14.3 Å². The summed E-state index contributed by atoms with van der Waals surface area (Å²) in [5.74, 6) is -0.795. The Bertz CT molecular complexity index is 709. The number of nitrogen functional groups attached to an aromatic ring is 1. The molecule has 6 heteroatoms. The van der Waals surface area contributed by atoms with Crippen LogP contribution in [0.1, 0.15) is 26.3 Å². The second-order valence-electron chi connectivity index (χ2n) is 4.40. The number of para-hydroxylation sites is 1. The lowest BCUT2D eigenvalue weighted by atomic mass is 10.1. The fourth-order valence-corrected chi connectivity index (χ4v) is 1.75. The highest BCUT2D eigenvalue weighted by Gasteiger charge is 2.07. The molecule has 0 aliphatic heterocycles. The van der Waals surface area contributed by atoms with Crippen LogP contribution in [0.5, 0.6) is 0 Å². The average molecular weight is 297 g/mol. The standard InChI is InChI=1S/C16H15N3O3/c1-22-16(21)12-8-6-11(7-9-12)10-18-19-15(20)13-4-2-3-5-14(13)17/h2-10H,17H2,1H3,(H,19,20)/b18-10+. The lowest BCUT2D eigenvalue weighted by Crippen LogP contribution is -2.19. The lowest BCUT2D eigenvalue weighted by Gasteiger charge is -2.03. The quantitative estimate of drug-likeness (QED) is 0.389. The molecule has 2 aromatic rings. The average Bonchev–Trinajstić information content (AvgIpc) is 2.55. The van der Waals surface area contributed by atoms with Crippen molar-refractivity contribution in [2.24, 2.45) is 5.10 Å². The van der Waals surface area contributed by atoms with Gasteiger partial charge in [-0.05, 0) is 29.8 Å². The number of hydrazone groups is 1. The highest BCUT2D eigenvalue weighted by molar-refractivity contribution is 5.99. The van der Waals surface area contributed by atoms with Gasteiger partial charge in [-0.1, -0.05) is 24.3 Å². The number of amides is 1. The largest absolute Gasteiger partial charge is 0.465 e. The molecule has 22 heavy (non-hydrogen) atoms. The molecule has 3 N–H and O–H groups in total. The molecular weight excluding hydrogens is 282 g/mol. The van der Waals surface area contributed by atoms with E-state index in [1.54, 1.807) is 48.5 Å². The molecule has 0 aromatic heterocycles. The monoisotopic (exact) mass is 297 g/mol. The number of rotatable bonds is 4. The predicted octanol–water partition coefficient (Wildman–Crippen LogP) is 1.82. The Kier molecular flexibility index (Phi) is 4.87. The van der Waals surface area contributed by atoms with Gasteiger partial charge in [0.05, 0.1) is 24.5 Å². The Balaban J connectivity index is 1.99. The molecular formula is C16H15N3O3. The summed E-state index contributed by atoms with van der Waals surface area (Å²) >= 11 is 0. The fourth-order valence-electron chi connectivity index (χ4n) is 1.75. The van der Waals surface area contributed by atoms with E-state index in [2.05, 4.69) is 15.3 Å². The van der Waals surface area contributed by atoms with Crippen molar-refractivity contribution in [1.82, 2.24) is 5.43 Å². The zero-order valence-electron chi connectivity index (χ0n) is 11.9. The Labute approximate surface area is 127 Å². The highest BCUT2D eigenvalue weighted by atomic mass is 16.5. The second kappa shape index (κ2) is 7.03. The van der Waals surface area contributed by atoms with Gasteiger partial charge in [0, 0.05) is 5.69 Å². The lowest BCUT2D eigenvalue weighted by molar-refractivity contribution is 0.0600. The maximum Gasteiger partial charge on any atom is 0.337 e. The molecule has 0 heterocycles. The van der Waals surface area contributed by atoms with Crippen molar-refractivity contribution in [3.05, 3.63) is 65.2 Å². The van der Waals surface area contributed by atoms with E-state index in [0.29, 0.717) is 16.8 Å². The molecule has 6 nitrogen and oxygen atoms in total. The molecule has 0 unspecified atom stereocenters. The Hall–Kier alpha value is -3.15. The van der Waals surface area contributed by atoms with E-state index in [0.717, 1.165) is 5.56 Å². The fraction of sp³-hybridized carbons (Fsp3) is 0.0625. The molecule has 2 rings (SSSR count). The first kappa shape index (κ1) is 15.2. The molecule has 0 saturated heterocycles. The first-order valence-electron chi connectivity index (χ1n) is 6.48. The predicted molar refractivity (Wildman–Crippen MR) is 83.7 cm³/mol. The summed E-state index contributed by atoms with van der Waals surface area (Å²) in [5.41, 5.74) is 10.0. The third-order valence-electron chi connectivity index (χ3n) is 2.92. The number of nitrogens with zero attached hydrogens (tertiary/aromatic N) is 1. The number of ether oxygens (including phenoxy) is 1. The van der Waals surface area contributed by atoms with Crippen LogP contribution < -0.4 is 11.2 Å². The second-order valence-corrected chi connectivity index (χ2v) is 4.40. The smallest absolute Gasteiger partial charge is 0.337 e. The summed E-state index contributed by atoms with van der Waals surface area (Å²) in [4.78, 5) is 23.2. The number of carbonyl (C=O) groups excluding carboxylic acids is 2. The third kappa shape index (κ3) is 3.69. The normalized spacial score (nSPS) is 10.4. The van der Waals surface area contributed by atoms with E-state index in [1.807, 2.05) is 0 Å². The summed E-state index contributed by atoms with van der Waals surface area (Å²) in [5, 5.41) is 3.86. The van der Waals surface area contributed by atoms with Crippen molar-refractivity contribution in [3.63, 3.8) is 0 Å². The first-order chi connectivity index (χ1) is 10.6. The van der Waals surface area contributed by atoms with Gasteiger partial charge in [0.1, 0.15) is 0 Å². The molecule has 2 aromatic carbocycles. The SMILES string of the molecule is COC(=O)c1ccc(/C=N/NC(=O)c2ccccc2N)cc1. The van der Waals surface area contributed by atoms with Gasteiger partial charge in [-0.25, -0.2) is 10.2 Å². The topological polar surface area (TPSA) is 93.8 Å². The minimum atomic E-state index is -0.406. The summed E-state index contributed by atoms with van der Waals surface area (Å²) in [6, 6.07) is 13.3. The molecule has 112 valence electrons. The number of hydrogen-bond donors (Lipinski definition) is 2. The summed E-state index contributed by atoms with van der Waals surface area (Å²) < 4.78 is 4.61. The van der Waals surface area contributed by atoms with Gasteiger partial charge in [0.25, 0.3) is 5.91 Å². The maximum absolute atomic E-state index is 11.9. The number of carbonyl (C=O) groups is 2. The van der Waals surface area contributed by atoms with Gasteiger partial charge < -0.3 is 10.5 Å². The number of esters is 1. The molecule has 0 saturated carbocycles. The van der Waals surface area contributed by atoms with Crippen LogP contribution in [0.4, 0.5) is 5.69 Å². The maximum atomic E-state index is 11.9. The highest BCUT2D eigenvalue weighted by Crippen LogP contribution is 2.09. The van der Waals surface area contributed by atoms with Gasteiger partial charge in [0.15, 0.2) is 0 Å². The van der Waals surface area contributed by atoms with Crippen molar-refractivity contribution in [1.29, 1.82) is 0 Å². The number of hydrogen-bond acceptors (Lipinski definition) is 5. The van der Waals surface area contributed by atoms with Crippen molar-refractivity contribution in [3.8, 4) is 0 Å². The van der Waals surface area contributed by atoms with Crippen LogP contribution in [-0.2, 0) is 4.74 Å². The van der Waals surface area contributed by atoms with Crippen molar-refractivity contribution >= 4 is 23.8 Å². The summed E-state index contributed by atoms with van der Waals surface area (Å²) in [6.45, 7) is 0. The van der Waals surface area contributed by atoms with Crippen molar-refractivity contribution in [2.75, 3.05) is 12.8 Å². The van der Waals surface area contributed by atoms with Gasteiger partial charge in [-0.3, -0.25) is 4.79 Å². The van der Waals surface area contributed by atoms with Crippen molar-refractivity contribution in [2.45, 2.75) is 0 Å². The zero-order chi connectivity index (χ0) is 15.9. The Morgan fingerprint density at radius 3 is 2.45 bits per heavy atom. The van der Waals surface area contributed by atoms with Crippen LogP contribution in [-0.4, -0.2) is 25.2 Å². The van der Waals surface area contributed by atoms with Crippen LogP contribution in [0.25, 0.3) is 0 Å². The number of benzene rings is 2. The third-order valence-corrected chi connectivity index (χ3v) is 2.92. The van der Waals surface area contributed by atoms with Crippen LogP contribution in [0, 0.1) is 0 Å². The molecule has 1 amide bonds. The number of anilines is 1. The van der Waals surface area contributed by atoms with Crippen LogP contribution in [0.15, 0.2) is 53.6 Å². The molecule has 0 bridgehead atoms. The minimum absolute atomic E-state index is 0.362. The van der Waals surface area contributed by atoms with Gasteiger partial charge in [-0.2, -0.15) is 5.10 Å². The van der Waals surface area contributed by atoms with Crippen LogP contribution >= 0.6 is 0 Å². The molecule has 0 spiro atoms. The molecule has 0 atom stereocenters. The Morgan fingerprint density at radius 2 is 1.82 bits per heavy atom. The zero-order valence-corrected chi connectivity index (χ0v) is 11.9. The summed E-state index contributed by atoms with van der Waals surface area (Å²) in [7, 11) is 1.32. The van der Waals surface area contributed by atoms with Crippen LogP contribution in [0.2, 0.25) is 0 Å². The van der Waals surface area contributed by atoms with E-state index < -0.39 is 5.97 Å². The minimum Gasteiger partial charge on any atom is -0.465 e. The molecule has 0 aliphatic rings. The summed E-state index contributed by atoms with van der Waals surface area (Å²) in [6.07, 6.45) is 1.47.